The molecule has 0 aliphatic heterocycles. The normalized spacial score (nSPS) is 15.2. The zero-order valence-corrected chi connectivity index (χ0v) is 19.3. The first-order valence-corrected chi connectivity index (χ1v) is 9.68. The van der Waals surface area contributed by atoms with Crippen molar-refractivity contribution >= 4 is 47.6 Å². The van der Waals surface area contributed by atoms with Crippen LogP contribution in [0.15, 0.2) is 40.2 Å². The Morgan fingerprint density at radius 2 is 1.88 bits per heavy atom. The second kappa shape index (κ2) is 11.0. The van der Waals surface area contributed by atoms with Gasteiger partial charge in [0.25, 0.3) is 0 Å². The van der Waals surface area contributed by atoms with Crippen molar-refractivity contribution in [1.29, 1.82) is 0 Å². The van der Waals surface area contributed by atoms with Gasteiger partial charge in [0.1, 0.15) is 6.54 Å². The molecule has 26 heavy (non-hydrogen) atoms. The molecule has 2 N–H and O–H groups in total. The number of benzene rings is 1. The Morgan fingerprint density at radius 3 is 2.42 bits per heavy atom. The highest BCUT2D eigenvalue weighted by atomic mass is 127. The molecule has 0 saturated heterocycles. The van der Waals surface area contributed by atoms with E-state index in [1.54, 1.807) is 19.0 Å². The van der Waals surface area contributed by atoms with Crippen molar-refractivity contribution in [2.45, 2.75) is 36.3 Å². The molecule has 1 aliphatic carbocycles. The first-order chi connectivity index (χ1) is 11.9. The summed E-state index contributed by atoms with van der Waals surface area (Å²) >= 11 is 1.93. The molecule has 1 aromatic carbocycles. The lowest BCUT2D eigenvalue weighted by atomic mass is 10.2. The minimum atomic E-state index is 0. The number of rotatable bonds is 8. The maximum absolute atomic E-state index is 11.8. The molecular formula is C19H31IN4OS. The summed E-state index contributed by atoms with van der Waals surface area (Å²) in [5.41, 5.74) is 0. The predicted octanol–water partition coefficient (Wildman–Crippen LogP) is 3.21. The van der Waals surface area contributed by atoms with Crippen LogP contribution in [0.25, 0.3) is 0 Å². The molecule has 0 unspecified atom stereocenters. The molecule has 0 spiro atoms. The van der Waals surface area contributed by atoms with Gasteiger partial charge in [0.15, 0.2) is 5.96 Å². The number of nitrogens with one attached hydrogen (secondary N) is 2. The van der Waals surface area contributed by atoms with E-state index in [2.05, 4.69) is 53.7 Å². The Kier molecular flexibility index (Phi) is 9.78. The fourth-order valence-electron chi connectivity index (χ4n) is 2.20. The van der Waals surface area contributed by atoms with Crippen LogP contribution in [-0.4, -0.2) is 55.2 Å². The molecule has 1 saturated carbocycles. The van der Waals surface area contributed by atoms with Gasteiger partial charge < -0.3 is 15.5 Å². The first-order valence-electron chi connectivity index (χ1n) is 8.87. The largest absolute Gasteiger partial charge is 0.356 e. The third-order valence-electron chi connectivity index (χ3n) is 4.01. The van der Waals surface area contributed by atoms with Crippen LogP contribution in [0.5, 0.6) is 0 Å². The fourth-order valence-corrected chi connectivity index (χ4v) is 3.44. The average molecular weight is 490 g/mol. The standard InChI is InChI=1S/C19H30N4OS.HI/c1-15(2)12-20-18(21-13-17(24)23(3)4)22-14-19(10-11-19)25-16-8-6-5-7-9-16;/h5-9,15H,10-14H2,1-4H3,(H2,20,21,22);1H. The fraction of sp³-hybridized carbons (Fsp3) is 0.579. The van der Waals surface area contributed by atoms with Gasteiger partial charge in [-0.15, -0.1) is 35.7 Å². The summed E-state index contributed by atoms with van der Waals surface area (Å²) in [5, 5.41) is 6.78. The highest BCUT2D eigenvalue weighted by Crippen LogP contribution is 2.51. The number of hydrogen-bond donors (Lipinski definition) is 2. The average Bonchev–Trinajstić information content (AvgIpc) is 3.34. The monoisotopic (exact) mass is 490 g/mol. The number of hydrogen-bond acceptors (Lipinski definition) is 3. The van der Waals surface area contributed by atoms with Crippen LogP contribution in [0, 0.1) is 5.92 Å². The third kappa shape index (κ3) is 8.16. The molecule has 1 amide bonds. The van der Waals surface area contributed by atoms with E-state index in [1.807, 2.05) is 17.8 Å². The number of halogens is 1. The summed E-state index contributed by atoms with van der Waals surface area (Å²) in [5.74, 6) is 1.25. The number of carbonyl (C=O) groups is 1. The number of amides is 1. The SMILES string of the molecule is CC(C)CNC(=NCC(=O)N(C)C)NCC1(Sc2ccccc2)CC1.I. The van der Waals surface area contributed by atoms with Crippen molar-refractivity contribution in [2.24, 2.45) is 10.9 Å². The van der Waals surface area contributed by atoms with E-state index >= 15 is 0 Å². The van der Waals surface area contributed by atoms with Crippen LogP contribution >= 0.6 is 35.7 Å². The molecular weight excluding hydrogens is 459 g/mol. The van der Waals surface area contributed by atoms with E-state index in [4.69, 9.17) is 0 Å². The van der Waals surface area contributed by atoms with E-state index < -0.39 is 0 Å². The van der Waals surface area contributed by atoms with Crippen LogP contribution < -0.4 is 10.6 Å². The molecule has 5 nitrogen and oxygen atoms in total. The first kappa shape index (κ1) is 23.1. The lowest BCUT2D eigenvalue weighted by Crippen LogP contribution is -2.43. The maximum atomic E-state index is 11.8. The Labute approximate surface area is 178 Å². The number of nitrogens with zero attached hydrogens (tertiary/aromatic N) is 2. The Hall–Kier alpha value is -0.960. The van der Waals surface area contributed by atoms with Crippen molar-refractivity contribution < 1.29 is 4.79 Å². The number of aliphatic imine (C=N–C) groups is 1. The van der Waals surface area contributed by atoms with Crippen LogP contribution in [0.4, 0.5) is 0 Å². The van der Waals surface area contributed by atoms with Gasteiger partial charge in [-0.2, -0.15) is 0 Å². The smallest absolute Gasteiger partial charge is 0.243 e. The van der Waals surface area contributed by atoms with E-state index in [0.717, 1.165) is 19.0 Å². The molecule has 0 aromatic heterocycles. The van der Waals surface area contributed by atoms with Gasteiger partial charge in [0.05, 0.1) is 0 Å². The summed E-state index contributed by atoms with van der Waals surface area (Å²) in [7, 11) is 3.50. The molecule has 0 heterocycles. The second-order valence-corrected chi connectivity index (χ2v) is 8.72. The number of carbonyl (C=O) groups excluding carboxylic acids is 1. The minimum absolute atomic E-state index is 0. The van der Waals surface area contributed by atoms with Gasteiger partial charge in [0, 0.05) is 36.8 Å². The quantitative estimate of drug-likeness (QED) is 0.334. The molecule has 0 atom stereocenters. The zero-order valence-electron chi connectivity index (χ0n) is 16.1. The van der Waals surface area contributed by atoms with Crippen LogP contribution in [-0.2, 0) is 4.79 Å². The summed E-state index contributed by atoms with van der Waals surface area (Å²) < 4.78 is 0.243. The van der Waals surface area contributed by atoms with E-state index in [1.165, 1.54) is 17.7 Å². The molecule has 146 valence electrons. The van der Waals surface area contributed by atoms with Gasteiger partial charge >= 0.3 is 0 Å². The number of guanidine groups is 1. The summed E-state index contributed by atoms with van der Waals surface area (Å²) in [4.78, 5) is 19.1. The molecule has 1 aliphatic rings. The van der Waals surface area contributed by atoms with Crippen molar-refractivity contribution in [3.05, 3.63) is 30.3 Å². The second-order valence-electron chi connectivity index (χ2n) is 7.18. The van der Waals surface area contributed by atoms with Crippen LogP contribution in [0.2, 0.25) is 0 Å². The minimum Gasteiger partial charge on any atom is -0.356 e. The van der Waals surface area contributed by atoms with Gasteiger partial charge in [-0.1, -0.05) is 32.0 Å². The molecule has 1 aromatic rings. The van der Waals surface area contributed by atoms with Gasteiger partial charge in [-0.05, 0) is 30.9 Å². The van der Waals surface area contributed by atoms with E-state index in [0.29, 0.717) is 5.92 Å². The van der Waals surface area contributed by atoms with Crippen molar-refractivity contribution in [3.8, 4) is 0 Å². The van der Waals surface area contributed by atoms with Gasteiger partial charge in [-0.25, -0.2) is 4.99 Å². The van der Waals surface area contributed by atoms with Crippen LogP contribution in [0.3, 0.4) is 0 Å². The Morgan fingerprint density at radius 1 is 1.23 bits per heavy atom. The zero-order chi connectivity index (χ0) is 18.3. The number of likely N-dealkylation sites (N-methyl/N-ethyl adjacent to an activating group) is 1. The Bertz CT molecular complexity index is 588. The molecule has 7 heteroatoms. The topological polar surface area (TPSA) is 56.7 Å². The highest BCUT2D eigenvalue weighted by Gasteiger charge is 2.43. The van der Waals surface area contributed by atoms with E-state index in [9.17, 15) is 4.79 Å². The summed E-state index contributed by atoms with van der Waals surface area (Å²) in [6.45, 7) is 6.17. The Balaban J connectivity index is 0.00000338. The van der Waals surface area contributed by atoms with Crippen LogP contribution in [0.1, 0.15) is 26.7 Å². The van der Waals surface area contributed by atoms with E-state index in [-0.39, 0.29) is 41.2 Å². The lowest BCUT2D eigenvalue weighted by molar-refractivity contribution is -0.127. The van der Waals surface area contributed by atoms with Crippen molar-refractivity contribution in [2.75, 3.05) is 33.7 Å². The molecule has 0 bridgehead atoms. The third-order valence-corrected chi connectivity index (χ3v) is 5.51. The molecule has 1 fully saturated rings. The van der Waals surface area contributed by atoms with Gasteiger partial charge in [0.2, 0.25) is 5.91 Å². The van der Waals surface area contributed by atoms with Crippen molar-refractivity contribution in [1.82, 2.24) is 15.5 Å². The van der Waals surface area contributed by atoms with Gasteiger partial charge in [-0.3, -0.25) is 4.79 Å². The van der Waals surface area contributed by atoms with Crippen molar-refractivity contribution in [3.63, 3.8) is 0 Å². The summed E-state index contributed by atoms with van der Waals surface area (Å²) in [6.07, 6.45) is 2.40. The highest BCUT2D eigenvalue weighted by molar-refractivity contribution is 14.0. The predicted molar refractivity (Wildman–Crippen MR) is 122 cm³/mol. The summed E-state index contributed by atoms with van der Waals surface area (Å²) in [6, 6.07) is 10.5. The number of thioether (sulfide) groups is 1. The molecule has 2 rings (SSSR count). The maximum Gasteiger partial charge on any atom is 0.243 e. The molecule has 0 radical (unpaired) electrons. The lowest BCUT2D eigenvalue weighted by Gasteiger charge is -2.19.